The van der Waals surface area contributed by atoms with E-state index in [1.165, 1.54) is 18.4 Å². The number of amides is 2. The second kappa shape index (κ2) is 7.58. The van der Waals surface area contributed by atoms with Gasteiger partial charge >= 0.3 is 0 Å². The first-order valence-corrected chi connectivity index (χ1v) is 7.34. The predicted octanol–water partition coefficient (Wildman–Crippen LogP) is 2.49. The van der Waals surface area contributed by atoms with E-state index in [1.807, 2.05) is 13.8 Å². The van der Waals surface area contributed by atoms with Crippen LogP contribution in [0.5, 0.6) is 0 Å². The van der Waals surface area contributed by atoms with Crippen molar-refractivity contribution < 1.29 is 18.4 Å². The van der Waals surface area contributed by atoms with Crippen molar-refractivity contribution in [2.75, 3.05) is 0 Å². The summed E-state index contributed by atoms with van der Waals surface area (Å²) in [6.45, 7) is 3.69. The largest absolute Gasteiger partial charge is 0.459 e. The molecule has 122 valence electrons. The zero-order valence-electron chi connectivity index (χ0n) is 13.0. The number of hydrogen-bond acceptors (Lipinski definition) is 3. The molecule has 1 unspecified atom stereocenters. The summed E-state index contributed by atoms with van der Waals surface area (Å²) < 4.78 is 18.6. The maximum atomic E-state index is 13.6. The van der Waals surface area contributed by atoms with Gasteiger partial charge in [-0.1, -0.05) is 32.0 Å². The number of nitrogens with one attached hydrogen (secondary N) is 2. The summed E-state index contributed by atoms with van der Waals surface area (Å²) in [7, 11) is 0. The van der Waals surface area contributed by atoms with Crippen LogP contribution in [0.3, 0.4) is 0 Å². The Hall–Kier alpha value is -2.63. The molecule has 0 aliphatic carbocycles. The third-order valence-corrected chi connectivity index (χ3v) is 3.39. The molecular weight excluding hydrogens is 299 g/mol. The molecular formula is C17H19FN2O3. The lowest BCUT2D eigenvalue weighted by molar-refractivity contribution is -0.124. The summed E-state index contributed by atoms with van der Waals surface area (Å²) in [4.78, 5) is 24.3. The van der Waals surface area contributed by atoms with Crippen molar-refractivity contribution in [2.45, 2.75) is 26.4 Å². The standard InChI is InChI=1S/C17H19FN2O3/c1-11(2)15(20-16(21)14-8-5-9-23-14)17(22)19-10-12-6-3-4-7-13(12)18/h3-9,11,15H,10H2,1-2H3,(H,19,22)(H,20,21). The van der Waals surface area contributed by atoms with Crippen molar-refractivity contribution >= 4 is 11.8 Å². The molecule has 1 aromatic heterocycles. The van der Waals surface area contributed by atoms with Crippen molar-refractivity contribution in [1.29, 1.82) is 0 Å². The van der Waals surface area contributed by atoms with Crippen molar-refractivity contribution in [3.63, 3.8) is 0 Å². The molecule has 2 rings (SSSR count). The van der Waals surface area contributed by atoms with Gasteiger partial charge in [0.2, 0.25) is 5.91 Å². The summed E-state index contributed by atoms with van der Waals surface area (Å²) in [5.41, 5.74) is 0.390. The van der Waals surface area contributed by atoms with E-state index in [0.717, 1.165) is 0 Å². The van der Waals surface area contributed by atoms with Gasteiger partial charge in [-0.25, -0.2) is 4.39 Å². The Morgan fingerprint density at radius 2 is 1.91 bits per heavy atom. The summed E-state index contributed by atoms with van der Waals surface area (Å²) in [5.74, 6) is -1.21. The number of rotatable bonds is 6. The summed E-state index contributed by atoms with van der Waals surface area (Å²) in [6.07, 6.45) is 1.39. The normalized spacial score (nSPS) is 12.0. The summed E-state index contributed by atoms with van der Waals surface area (Å²) in [5, 5.41) is 5.28. The van der Waals surface area contributed by atoms with Crippen molar-refractivity contribution in [2.24, 2.45) is 5.92 Å². The van der Waals surface area contributed by atoms with E-state index in [2.05, 4.69) is 10.6 Å². The average molecular weight is 318 g/mol. The first-order valence-electron chi connectivity index (χ1n) is 7.34. The number of hydrogen-bond donors (Lipinski definition) is 2. The van der Waals surface area contributed by atoms with Gasteiger partial charge in [-0.2, -0.15) is 0 Å². The second-order valence-corrected chi connectivity index (χ2v) is 5.48. The van der Waals surface area contributed by atoms with Gasteiger partial charge < -0.3 is 15.1 Å². The van der Waals surface area contributed by atoms with E-state index in [1.54, 1.807) is 24.3 Å². The Balaban J connectivity index is 1.98. The van der Waals surface area contributed by atoms with E-state index in [9.17, 15) is 14.0 Å². The van der Waals surface area contributed by atoms with Crippen molar-refractivity contribution in [3.05, 3.63) is 59.8 Å². The van der Waals surface area contributed by atoms with Crippen LogP contribution in [0.1, 0.15) is 30.0 Å². The maximum absolute atomic E-state index is 13.6. The molecule has 0 bridgehead atoms. The summed E-state index contributed by atoms with van der Waals surface area (Å²) >= 11 is 0. The first kappa shape index (κ1) is 16.7. The number of benzene rings is 1. The lowest BCUT2D eigenvalue weighted by Crippen LogP contribution is -2.49. The predicted molar refractivity (Wildman–Crippen MR) is 83.0 cm³/mol. The molecule has 2 amide bonds. The van der Waals surface area contributed by atoms with E-state index in [0.29, 0.717) is 5.56 Å². The third-order valence-electron chi connectivity index (χ3n) is 3.39. The molecule has 5 nitrogen and oxygen atoms in total. The zero-order valence-corrected chi connectivity index (χ0v) is 13.0. The van der Waals surface area contributed by atoms with Gasteiger partial charge in [0.25, 0.3) is 5.91 Å². The number of carbonyl (C=O) groups is 2. The van der Waals surface area contributed by atoms with Crippen LogP contribution in [-0.4, -0.2) is 17.9 Å². The smallest absolute Gasteiger partial charge is 0.287 e. The monoisotopic (exact) mass is 318 g/mol. The molecule has 0 radical (unpaired) electrons. The van der Waals surface area contributed by atoms with E-state index in [-0.39, 0.29) is 29.9 Å². The van der Waals surface area contributed by atoms with Gasteiger partial charge in [-0.05, 0) is 24.1 Å². The Bertz CT molecular complexity index is 668. The van der Waals surface area contributed by atoms with Gasteiger partial charge in [-0.3, -0.25) is 9.59 Å². The molecule has 0 saturated heterocycles. The molecule has 2 N–H and O–H groups in total. The molecule has 0 fully saturated rings. The average Bonchev–Trinajstić information content (AvgIpc) is 3.05. The van der Waals surface area contributed by atoms with Gasteiger partial charge in [0.1, 0.15) is 11.9 Å². The van der Waals surface area contributed by atoms with Gasteiger partial charge in [0.05, 0.1) is 6.26 Å². The van der Waals surface area contributed by atoms with Crippen LogP contribution in [0, 0.1) is 11.7 Å². The molecule has 0 spiro atoms. The van der Waals surface area contributed by atoms with Crippen molar-refractivity contribution in [1.82, 2.24) is 10.6 Å². The van der Waals surface area contributed by atoms with Crippen LogP contribution < -0.4 is 10.6 Å². The van der Waals surface area contributed by atoms with Gasteiger partial charge in [0.15, 0.2) is 5.76 Å². The number of carbonyl (C=O) groups excluding carboxylic acids is 2. The van der Waals surface area contributed by atoms with Crippen molar-refractivity contribution in [3.8, 4) is 0 Å². The molecule has 1 heterocycles. The van der Waals surface area contributed by atoms with E-state index in [4.69, 9.17) is 4.42 Å². The van der Waals surface area contributed by atoms with Crippen LogP contribution in [0.25, 0.3) is 0 Å². The molecule has 0 aliphatic heterocycles. The minimum atomic E-state index is -0.737. The minimum absolute atomic E-state index is 0.0609. The van der Waals surface area contributed by atoms with E-state index < -0.39 is 11.9 Å². The SMILES string of the molecule is CC(C)C(NC(=O)c1ccco1)C(=O)NCc1ccccc1F. The molecule has 1 atom stereocenters. The summed E-state index contributed by atoms with van der Waals surface area (Å²) in [6, 6.07) is 8.59. The molecule has 6 heteroatoms. The first-order chi connectivity index (χ1) is 11.0. The fourth-order valence-corrected chi connectivity index (χ4v) is 2.09. The van der Waals surface area contributed by atoms with Gasteiger partial charge in [-0.15, -0.1) is 0 Å². The van der Waals surface area contributed by atoms with Crippen LogP contribution in [0.15, 0.2) is 47.1 Å². The Morgan fingerprint density at radius 1 is 1.17 bits per heavy atom. The minimum Gasteiger partial charge on any atom is -0.459 e. The highest BCUT2D eigenvalue weighted by molar-refractivity contribution is 5.95. The topological polar surface area (TPSA) is 71.3 Å². The lowest BCUT2D eigenvalue weighted by Gasteiger charge is -2.21. The Morgan fingerprint density at radius 3 is 2.52 bits per heavy atom. The number of halogens is 1. The number of furan rings is 1. The molecule has 23 heavy (non-hydrogen) atoms. The second-order valence-electron chi connectivity index (χ2n) is 5.48. The van der Waals surface area contributed by atoms with Crippen LogP contribution in [0.2, 0.25) is 0 Å². The zero-order chi connectivity index (χ0) is 16.8. The van der Waals surface area contributed by atoms with E-state index >= 15 is 0 Å². The third kappa shape index (κ3) is 4.42. The van der Waals surface area contributed by atoms with Crippen LogP contribution in [-0.2, 0) is 11.3 Å². The quantitative estimate of drug-likeness (QED) is 0.859. The lowest BCUT2D eigenvalue weighted by atomic mass is 10.0. The highest BCUT2D eigenvalue weighted by Crippen LogP contribution is 2.08. The Labute approximate surface area is 133 Å². The fourth-order valence-electron chi connectivity index (χ4n) is 2.09. The highest BCUT2D eigenvalue weighted by Gasteiger charge is 2.25. The highest BCUT2D eigenvalue weighted by atomic mass is 19.1. The maximum Gasteiger partial charge on any atom is 0.287 e. The van der Waals surface area contributed by atoms with Crippen LogP contribution in [0.4, 0.5) is 4.39 Å². The molecule has 0 aliphatic rings. The molecule has 1 aromatic carbocycles. The molecule has 0 saturated carbocycles. The van der Waals surface area contributed by atoms with Gasteiger partial charge in [0, 0.05) is 12.1 Å². The fraction of sp³-hybridized carbons (Fsp3) is 0.294. The Kier molecular flexibility index (Phi) is 5.51. The van der Waals surface area contributed by atoms with Crippen LogP contribution >= 0.6 is 0 Å². The molecule has 2 aromatic rings.